The molecule has 0 radical (unpaired) electrons. The van der Waals surface area contributed by atoms with Gasteiger partial charge in [0.2, 0.25) is 0 Å². The topological polar surface area (TPSA) is 69.6 Å². The van der Waals surface area contributed by atoms with Crippen LogP contribution in [-0.2, 0) is 4.79 Å². The lowest BCUT2D eigenvalue weighted by atomic mass is 9.78. The zero-order valence-corrected chi connectivity index (χ0v) is 12.3. The van der Waals surface area contributed by atoms with E-state index in [1.54, 1.807) is 0 Å². The van der Waals surface area contributed by atoms with Crippen molar-refractivity contribution in [2.24, 2.45) is 5.92 Å². The van der Waals surface area contributed by atoms with Gasteiger partial charge in [0.15, 0.2) is 0 Å². The third-order valence-corrected chi connectivity index (χ3v) is 4.68. The van der Waals surface area contributed by atoms with Crippen molar-refractivity contribution in [3.63, 3.8) is 0 Å². The Morgan fingerprint density at radius 2 is 1.95 bits per heavy atom. The largest absolute Gasteiger partial charge is 0.480 e. The summed E-state index contributed by atoms with van der Waals surface area (Å²) in [5.74, 6) is -0.310. The molecule has 2 N–H and O–H groups in total. The van der Waals surface area contributed by atoms with Crippen molar-refractivity contribution < 1.29 is 14.7 Å². The fraction of sp³-hybridized carbons (Fsp3) is 0.867. The molecule has 114 valence electrons. The molecule has 2 fully saturated rings. The molecule has 0 unspecified atom stereocenters. The second-order valence-corrected chi connectivity index (χ2v) is 6.08. The van der Waals surface area contributed by atoms with E-state index in [0.717, 1.165) is 25.8 Å². The van der Waals surface area contributed by atoms with E-state index in [9.17, 15) is 9.59 Å². The molecule has 0 bridgehead atoms. The van der Waals surface area contributed by atoms with Crippen molar-refractivity contribution in [3.05, 3.63) is 0 Å². The molecule has 0 aromatic rings. The Hall–Kier alpha value is -1.26. The molecular weight excluding hydrogens is 256 g/mol. The van der Waals surface area contributed by atoms with Crippen LogP contribution in [0.4, 0.5) is 4.79 Å². The van der Waals surface area contributed by atoms with Gasteiger partial charge >= 0.3 is 12.0 Å². The van der Waals surface area contributed by atoms with E-state index in [2.05, 4.69) is 5.32 Å². The molecule has 5 heteroatoms. The second kappa shape index (κ2) is 6.95. The summed E-state index contributed by atoms with van der Waals surface area (Å²) in [5.41, 5.74) is 0. The van der Waals surface area contributed by atoms with Crippen LogP contribution in [0.2, 0.25) is 0 Å². The first-order valence-corrected chi connectivity index (χ1v) is 7.93. The lowest BCUT2D eigenvalue weighted by Gasteiger charge is -2.44. The predicted octanol–water partition coefficient (Wildman–Crippen LogP) is 2.60. The summed E-state index contributed by atoms with van der Waals surface area (Å²) in [6, 6.07) is -0.604. The van der Waals surface area contributed by atoms with Gasteiger partial charge in [-0.1, -0.05) is 26.2 Å². The Kier molecular flexibility index (Phi) is 5.26. The average Bonchev–Trinajstić information content (AvgIpc) is 2.46. The Balaban J connectivity index is 1.97. The van der Waals surface area contributed by atoms with Gasteiger partial charge < -0.3 is 15.3 Å². The van der Waals surface area contributed by atoms with Crippen LogP contribution in [0.5, 0.6) is 0 Å². The van der Waals surface area contributed by atoms with E-state index in [1.807, 2.05) is 11.8 Å². The van der Waals surface area contributed by atoms with Gasteiger partial charge in [0.25, 0.3) is 0 Å². The van der Waals surface area contributed by atoms with Gasteiger partial charge in [-0.25, -0.2) is 9.59 Å². The number of carboxylic acid groups (broad SMARTS) is 1. The maximum absolute atomic E-state index is 12.4. The van der Waals surface area contributed by atoms with Crippen molar-refractivity contribution in [1.29, 1.82) is 0 Å². The summed E-state index contributed by atoms with van der Waals surface area (Å²) in [6.45, 7) is 2.70. The van der Waals surface area contributed by atoms with Crippen molar-refractivity contribution in [2.45, 2.75) is 70.4 Å². The number of carbonyl (C=O) groups is 2. The number of likely N-dealkylation sites (tertiary alicyclic amines) is 1. The molecule has 1 saturated carbocycles. The fourth-order valence-corrected chi connectivity index (χ4v) is 3.65. The number of carboxylic acids is 1. The SMILES string of the molecule is CCC[C@@H](NC(=O)N1CCC[C@H]2CCCC[C@H]21)C(=O)O. The van der Waals surface area contributed by atoms with Crippen LogP contribution in [0.25, 0.3) is 0 Å². The van der Waals surface area contributed by atoms with E-state index < -0.39 is 12.0 Å². The summed E-state index contributed by atoms with van der Waals surface area (Å²) < 4.78 is 0. The van der Waals surface area contributed by atoms with E-state index in [0.29, 0.717) is 18.4 Å². The van der Waals surface area contributed by atoms with Gasteiger partial charge in [-0.15, -0.1) is 0 Å². The van der Waals surface area contributed by atoms with Crippen molar-refractivity contribution in [3.8, 4) is 0 Å². The minimum atomic E-state index is -0.933. The number of aliphatic carboxylic acids is 1. The molecule has 1 saturated heterocycles. The number of rotatable bonds is 4. The number of nitrogens with one attached hydrogen (secondary N) is 1. The number of urea groups is 1. The zero-order chi connectivity index (χ0) is 14.5. The number of nitrogens with zero attached hydrogens (tertiary/aromatic N) is 1. The molecule has 2 amide bonds. The van der Waals surface area contributed by atoms with Gasteiger partial charge in [0, 0.05) is 12.6 Å². The highest BCUT2D eigenvalue weighted by Gasteiger charge is 2.36. The molecule has 0 aromatic carbocycles. The van der Waals surface area contributed by atoms with Gasteiger partial charge in [-0.2, -0.15) is 0 Å². The Morgan fingerprint density at radius 3 is 2.65 bits per heavy atom. The first-order valence-electron chi connectivity index (χ1n) is 7.93. The first kappa shape index (κ1) is 15.1. The lowest BCUT2D eigenvalue weighted by Crippen LogP contribution is -2.55. The second-order valence-electron chi connectivity index (χ2n) is 6.08. The predicted molar refractivity (Wildman–Crippen MR) is 76.5 cm³/mol. The van der Waals surface area contributed by atoms with E-state index >= 15 is 0 Å². The normalized spacial score (nSPS) is 27.6. The van der Waals surface area contributed by atoms with Crippen LogP contribution >= 0.6 is 0 Å². The van der Waals surface area contributed by atoms with Crippen molar-refractivity contribution >= 4 is 12.0 Å². The van der Waals surface area contributed by atoms with Gasteiger partial charge in [-0.3, -0.25) is 0 Å². The number of hydrogen-bond acceptors (Lipinski definition) is 2. The molecule has 1 aliphatic carbocycles. The monoisotopic (exact) mass is 282 g/mol. The van der Waals surface area contributed by atoms with Gasteiger partial charge in [0.05, 0.1) is 0 Å². The van der Waals surface area contributed by atoms with E-state index in [-0.39, 0.29) is 6.03 Å². The molecule has 2 aliphatic rings. The average molecular weight is 282 g/mol. The highest BCUT2D eigenvalue weighted by molar-refractivity contribution is 5.82. The van der Waals surface area contributed by atoms with Crippen LogP contribution in [0, 0.1) is 5.92 Å². The van der Waals surface area contributed by atoms with Crippen LogP contribution < -0.4 is 5.32 Å². The molecule has 0 aromatic heterocycles. The molecular formula is C15H26N2O3. The summed E-state index contributed by atoms with van der Waals surface area (Å²) in [5, 5.41) is 11.9. The third kappa shape index (κ3) is 3.44. The zero-order valence-electron chi connectivity index (χ0n) is 12.3. The third-order valence-electron chi connectivity index (χ3n) is 4.68. The Morgan fingerprint density at radius 1 is 1.25 bits per heavy atom. The molecule has 1 aliphatic heterocycles. The van der Waals surface area contributed by atoms with Crippen LogP contribution in [0.1, 0.15) is 58.3 Å². The highest BCUT2D eigenvalue weighted by Crippen LogP contribution is 2.35. The number of piperidine rings is 1. The molecule has 5 nitrogen and oxygen atoms in total. The maximum atomic E-state index is 12.4. The fourth-order valence-electron chi connectivity index (χ4n) is 3.65. The van der Waals surface area contributed by atoms with E-state index in [1.165, 1.54) is 25.7 Å². The lowest BCUT2D eigenvalue weighted by molar-refractivity contribution is -0.139. The number of amides is 2. The van der Waals surface area contributed by atoms with Crippen molar-refractivity contribution in [1.82, 2.24) is 10.2 Å². The van der Waals surface area contributed by atoms with E-state index in [4.69, 9.17) is 5.11 Å². The highest BCUT2D eigenvalue weighted by atomic mass is 16.4. The van der Waals surface area contributed by atoms with Gasteiger partial charge in [-0.05, 0) is 38.0 Å². The molecule has 1 heterocycles. The number of carbonyl (C=O) groups excluding carboxylic acids is 1. The standard InChI is InChI=1S/C15H26N2O3/c1-2-6-12(14(18)19)16-15(20)17-10-5-8-11-7-3-4-9-13(11)17/h11-13H,2-10H2,1H3,(H,16,20)(H,18,19)/t11-,12-,13-/m1/s1. The maximum Gasteiger partial charge on any atom is 0.326 e. The summed E-state index contributed by atoms with van der Waals surface area (Å²) in [7, 11) is 0. The van der Waals surface area contributed by atoms with Crippen molar-refractivity contribution in [2.75, 3.05) is 6.54 Å². The molecule has 2 rings (SSSR count). The van der Waals surface area contributed by atoms with Crippen LogP contribution in [0.3, 0.4) is 0 Å². The smallest absolute Gasteiger partial charge is 0.326 e. The summed E-state index contributed by atoms with van der Waals surface area (Å²) in [4.78, 5) is 25.5. The quantitative estimate of drug-likeness (QED) is 0.832. The summed E-state index contributed by atoms with van der Waals surface area (Å²) in [6.07, 6.45) is 8.24. The molecule has 20 heavy (non-hydrogen) atoms. The first-order chi connectivity index (χ1) is 9.63. The van der Waals surface area contributed by atoms with Gasteiger partial charge in [0.1, 0.15) is 6.04 Å². The number of hydrogen-bond donors (Lipinski definition) is 2. The Bertz CT molecular complexity index is 357. The van der Waals surface area contributed by atoms with Crippen LogP contribution in [-0.4, -0.2) is 40.6 Å². The molecule has 3 atom stereocenters. The number of fused-ring (bicyclic) bond motifs is 1. The minimum Gasteiger partial charge on any atom is -0.480 e. The van der Waals surface area contributed by atoms with Crippen LogP contribution in [0.15, 0.2) is 0 Å². The summed E-state index contributed by atoms with van der Waals surface area (Å²) >= 11 is 0. The Labute approximate surface area is 120 Å². The molecule has 0 spiro atoms. The minimum absolute atomic E-state index is 0.178.